The molecule has 0 aliphatic rings. The van der Waals surface area contributed by atoms with Crippen LogP contribution in [0.15, 0.2) is 67.5 Å². The van der Waals surface area contributed by atoms with Crippen LogP contribution in [0.25, 0.3) is 39.0 Å². The van der Waals surface area contributed by atoms with Gasteiger partial charge in [-0.1, -0.05) is 29.8 Å². The maximum absolute atomic E-state index is 13.4. The van der Waals surface area contributed by atoms with E-state index in [4.69, 9.17) is 4.42 Å². The number of nitrogens with zero attached hydrogens (tertiary/aromatic N) is 4. The van der Waals surface area contributed by atoms with E-state index in [0.29, 0.717) is 4.52 Å². The van der Waals surface area contributed by atoms with Gasteiger partial charge in [-0.25, -0.2) is 4.98 Å². The van der Waals surface area contributed by atoms with Gasteiger partial charge in [0.05, 0.1) is 16.6 Å². The van der Waals surface area contributed by atoms with Crippen molar-refractivity contribution in [3.8, 4) is 34.5 Å². The minimum absolute atomic E-state index is 0.177. The molecule has 2 aromatic carbocycles. The lowest BCUT2D eigenvalue weighted by molar-refractivity contribution is -0.114. The second-order valence-corrected chi connectivity index (χ2v) is 8.42. The summed E-state index contributed by atoms with van der Waals surface area (Å²) >= 11 is 0. The number of aromatic nitrogens is 3. The molecule has 0 atom stereocenters. The van der Waals surface area contributed by atoms with Gasteiger partial charge >= 0.3 is 0 Å². The van der Waals surface area contributed by atoms with E-state index in [9.17, 15) is 29.7 Å². The number of benzene rings is 2. The fraction of sp³-hybridized carbons (Fsp3) is 0.0741. The van der Waals surface area contributed by atoms with Gasteiger partial charge in [0.2, 0.25) is 11.3 Å². The van der Waals surface area contributed by atoms with Gasteiger partial charge in [-0.2, -0.15) is 15.0 Å². The van der Waals surface area contributed by atoms with Gasteiger partial charge in [0.25, 0.3) is 11.1 Å². The Morgan fingerprint density at radius 3 is 2.50 bits per heavy atom. The monoisotopic (exact) mass is 504 g/mol. The van der Waals surface area contributed by atoms with Crippen molar-refractivity contribution in [1.82, 2.24) is 14.6 Å². The molecule has 0 unspecified atom stereocenters. The van der Waals surface area contributed by atoms with E-state index < -0.39 is 22.1 Å². The number of aromatic amines is 1. The first-order chi connectivity index (χ1) is 18.2. The highest BCUT2D eigenvalue weighted by atomic mass is 16.3. The molecule has 0 aliphatic carbocycles. The van der Waals surface area contributed by atoms with Crippen molar-refractivity contribution in [1.29, 1.82) is 10.5 Å². The van der Waals surface area contributed by atoms with Gasteiger partial charge in [0, 0.05) is 18.1 Å². The molecule has 0 spiro atoms. The predicted molar refractivity (Wildman–Crippen MR) is 137 cm³/mol. The van der Waals surface area contributed by atoms with E-state index in [1.807, 2.05) is 6.07 Å². The molecular formula is C27H16N6O5. The van der Waals surface area contributed by atoms with Crippen LogP contribution in [0.1, 0.15) is 23.6 Å². The molecule has 0 radical (unpaired) electrons. The lowest BCUT2D eigenvalue weighted by atomic mass is 9.96. The Hall–Kier alpha value is -5.81. The van der Waals surface area contributed by atoms with Gasteiger partial charge < -0.3 is 9.73 Å². The topological polar surface area (TPSA) is 174 Å². The number of nitrogens with one attached hydrogen (secondary N) is 2. The molecule has 0 fully saturated rings. The van der Waals surface area contributed by atoms with Crippen molar-refractivity contribution in [2.24, 2.45) is 0 Å². The van der Waals surface area contributed by atoms with Crippen LogP contribution in [0.4, 0.5) is 5.69 Å². The quantitative estimate of drug-likeness (QED) is 0.377. The predicted octanol–water partition coefficient (Wildman–Crippen LogP) is 2.83. The molecule has 0 aliphatic heterocycles. The average molecular weight is 504 g/mol. The van der Waals surface area contributed by atoms with Crippen molar-refractivity contribution in [2.45, 2.75) is 13.8 Å². The number of aryl methyl sites for hydroxylation is 1. The minimum atomic E-state index is -0.980. The third-order valence-corrected chi connectivity index (χ3v) is 5.91. The Kier molecular flexibility index (Phi) is 5.67. The molecule has 11 heteroatoms. The smallest absolute Gasteiger partial charge is 0.289 e. The molecule has 38 heavy (non-hydrogen) atoms. The van der Waals surface area contributed by atoms with Crippen molar-refractivity contribution in [3.63, 3.8) is 0 Å². The summed E-state index contributed by atoms with van der Waals surface area (Å²) in [6.07, 6.45) is 1.09. The second-order valence-electron chi connectivity index (χ2n) is 8.42. The van der Waals surface area contributed by atoms with Crippen LogP contribution in [-0.4, -0.2) is 20.5 Å². The number of hydrogen-bond donors (Lipinski definition) is 2. The molecule has 11 nitrogen and oxygen atoms in total. The van der Waals surface area contributed by atoms with Gasteiger partial charge in [0.1, 0.15) is 40.8 Å². The number of carbonyl (C=O) groups is 1. The highest BCUT2D eigenvalue weighted by Crippen LogP contribution is 2.29. The number of fused-ring (bicyclic) bond motifs is 2. The number of anilines is 1. The molecule has 0 saturated carbocycles. The number of nitriles is 2. The minimum Gasteiger partial charge on any atom is -0.463 e. The number of hydrogen-bond acceptors (Lipinski definition) is 8. The highest BCUT2D eigenvalue weighted by molar-refractivity contribution is 5.94. The summed E-state index contributed by atoms with van der Waals surface area (Å²) in [5.41, 5.74) is -2.50. The number of H-pyrrole nitrogens is 1. The summed E-state index contributed by atoms with van der Waals surface area (Å²) in [5, 5.41) is 25.2. The largest absolute Gasteiger partial charge is 0.463 e. The van der Waals surface area contributed by atoms with Crippen LogP contribution in [0, 0.1) is 29.6 Å². The molecule has 0 bridgehead atoms. The summed E-state index contributed by atoms with van der Waals surface area (Å²) in [6, 6.07) is 15.0. The average Bonchev–Trinajstić information content (AvgIpc) is 2.89. The maximum Gasteiger partial charge on any atom is 0.289 e. The molecule has 1 amide bonds. The van der Waals surface area contributed by atoms with E-state index in [2.05, 4.69) is 15.4 Å². The van der Waals surface area contributed by atoms with Crippen molar-refractivity contribution in [2.75, 3.05) is 5.32 Å². The molecule has 184 valence electrons. The second kappa shape index (κ2) is 9.00. The maximum atomic E-state index is 13.4. The SMILES string of the molecule is CC(=O)Nc1ccccc1-c1nc2c(C#N)c(-c3coc4ccc(C)cc4c3=O)c(C#N)c(=O)n2[nH]c1=O. The molecule has 5 aromatic rings. The first kappa shape index (κ1) is 23.9. The van der Waals surface area contributed by atoms with E-state index in [0.717, 1.165) is 11.8 Å². The number of rotatable bonds is 3. The number of pyridine rings is 1. The molecule has 0 saturated heterocycles. The van der Waals surface area contributed by atoms with Crippen LogP contribution in [0.3, 0.4) is 0 Å². The summed E-state index contributed by atoms with van der Waals surface area (Å²) in [4.78, 5) is 55.7. The highest BCUT2D eigenvalue weighted by Gasteiger charge is 2.25. The Bertz CT molecular complexity index is 2090. The van der Waals surface area contributed by atoms with E-state index in [1.165, 1.54) is 13.0 Å². The van der Waals surface area contributed by atoms with Crippen molar-refractivity contribution < 1.29 is 9.21 Å². The van der Waals surface area contributed by atoms with Gasteiger partial charge in [-0.05, 0) is 25.1 Å². The Morgan fingerprint density at radius 1 is 1.05 bits per heavy atom. The molecule has 3 aromatic heterocycles. The van der Waals surface area contributed by atoms with Crippen LogP contribution in [-0.2, 0) is 4.79 Å². The fourth-order valence-electron chi connectivity index (χ4n) is 4.25. The summed E-state index contributed by atoms with van der Waals surface area (Å²) in [5.74, 6) is -0.386. The lowest BCUT2D eigenvalue weighted by Gasteiger charge is -2.13. The zero-order chi connectivity index (χ0) is 27.1. The third-order valence-electron chi connectivity index (χ3n) is 5.91. The van der Waals surface area contributed by atoms with Crippen LogP contribution in [0.5, 0.6) is 0 Å². The zero-order valence-corrected chi connectivity index (χ0v) is 19.9. The molecule has 3 heterocycles. The Labute approximate surface area is 212 Å². The number of amides is 1. The number of carbonyl (C=O) groups excluding carboxylic acids is 1. The van der Waals surface area contributed by atoms with E-state index in [-0.39, 0.29) is 56.2 Å². The Morgan fingerprint density at radius 2 is 1.79 bits per heavy atom. The van der Waals surface area contributed by atoms with Crippen molar-refractivity contribution in [3.05, 3.63) is 96.3 Å². The van der Waals surface area contributed by atoms with Crippen LogP contribution < -0.4 is 21.9 Å². The first-order valence-electron chi connectivity index (χ1n) is 11.2. The van der Waals surface area contributed by atoms with Gasteiger partial charge in [0.15, 0.2) is 5.65 Å². The molecule has 5 rings (SSSR count). The first-order valence-corrected chi connectivity index (χ1v) is 11.2. The van der Waals surface area contributed by atoms with E-state index in [1.54, 1.807) is 49.4 Å². The van der Waals surface area contributed by atoms with Gasteiger partial charge in [-0.3, -0.25) is 24.3 Å². The summed E-state index contributed by atoms with van der Waals surface area (Å²) in [7, 11) is 0. The molecule has 2 N–H and O–H groups in total. The third kappa shape index (κ3) is 3.72. The Balaban J connectivity index is 1.91. The zero-order valence-electron chi connectivity index (χ0n) is 19.9. The standard InChI is InChI=1S/C27H16N6O5/c1-13-7-8-21-16(9-13)24(35)19(12-38-21)22-17(10-28)25-31-23(15-5-3-4-6-20(15)30-14(2)34)26(36)32-33(25)27(37)18(22)11-29/h3-9,12H,1-2H3,(H,30,34)(H,32,36). The van der Waals surface area contributed by atoms with E-state index >= 15 is 0 Å². The normalized spacial score (nSPS) is 10.7. The van der Waals surface area contributed by atoms with Crippen LogP contribution in [0.2, 0.25) is 0 Å². The van der Waals surface area contributed by atoms with Crippen LogP contribution >= 0.6 is 0 Å². The summed E-state index contributed by atoms with van der Waals surface area (Å²) in [6.45, 7) is 3.09. The van der Waals surface area contributed by atoms with Gasteiger partial charge in [-0.15, -0.1) is 0 Å². The molecular weight excluding hydrogens is 488 g/mol. The fourth-order valence-corrected chi connectivity index (χ4v) is 4.25. The lowest BCUT2D eigenvalue weighted by Crippen LogP contribution is -2.29. The number of para-hydroxylation sites is 1. The van der Waals surface area contributed by atoms with Crippen molar-refractivity contribution >= 4 is 28.2 Å². The summed E-state index contributed by atoms with van der Waals surface area (Å²) < 4.78 is 6.30.